The Morgan fingerprint density at radius 3 is 2.24 bits per heavy atom. The van der Waals surface area contributed by atoms with Gasteiger partial charge < -0.3 is 0 Å². The predicted octanol–water partition coefficient (Wildman–Crippen LogP) is 3.55. The maximum absolute atomic E-state index is 4.56. The number of benzene rings is 1. The van der Waals surface area contributed by atoms with Crippen molar-refractivity contribution in [2.75, 3.05) is 0 Å². The highest BCUT2D eigenvalue weighted by Crippen LogP contribution is 2.23. The molecule has 0 aliphatic heterocycles. The van der Waals surface area contributed by atoms with Crippen molar-refractivity contribution >= 4 is 14.5 Å². The van der Waals surface area contributed by atoms with E-state index in [0.29, 0.717) is 0 Å². The molecule has 0 saturated carbocycles. The quantitative estimate of drug-likeness (QED) is 0.698. The Balaban J connectivity index is 2.40. The van der Waals surface area contributed by atoms with Gasteiger partial charge in [-0.15, -0.1) is 9.24 Å². The molecule has 1 aromatic heterocycles. The third-order valence-electron chi connectivity index (χ3n) is 2.87. The van der Waals surface area contributed by atoms with Crippen LogP contribution in [0.15, 0.2) is 42.6 Å². The summed E-state index contributed by atoms with van der Waals surface area (Å²) in [5, 5.41) is 1.18. The molecule has 2 heteroatoms. The Bertz CT molecular complexity index is 509. The van der Waals surface area contributed by atoms with Crippen LogP contribution in [-0.2, 0) is 5.41 Å². The highest BCUT2D eigenvalue weighted by atomic mass is 31.0. The summed E-state index contributed by atoms with van der Waals surface area (Å²) in [6.07, 6.45) is 1.98. The maximum atomic E-state index is 4.56. The van der Waals surface area contributed by atoms with Crippen molar-refractivity contribution in [3.8, 4) is 11.3 Å². The van der Waals surface area contributed by atoms with Crippen LogP contribution in [-0.4, -0.2) is 4.98 Å². The lowest BCUT2D eigenvalue weighted by atomic mass is 9.88. The van der Waals surface area contributed by atoms with Crippen molar-refractivity contribution < 1.29 is 0 Å². The molecular formula is C15H18NP. The van der Waals surface area contributed by atoms with Crippen molar-refractivity contribution in [1.82, 2.24) is 4.98 Å². The number of pyridine rings is 1. The topological polar surface area (TPSA) is 12.9 Å². The van der Waals surface area contributed by atoms with E-state index >= 15 is 0 Å². The minimum atomic E-state index is 0.159. The Morgan fingerprint density at radius 2 is 1.71 bits per heavy atom. The zero-order valence-electron chi connectivity index (χ0n) is 10.6. The first-order valence-corrected chi connectivity index (χ1v) is 6.37. The molecule has 0 aliphatic rings. The van der Waals surface area contributed by atoms with Gasteiger partial charge in [-0.1, -0.05) is 51.1 Å². The minimum absolute atomic E-state index is 0.159. The summed E-state index contributed by atoms with van der Waals surface area (Å²) in [5.41, 5.74) is 3.63. The van der Waals surface area contributed by atoms with Crippen molar-refractivity contribution in [1.29, 1.82) is 0 Å². The van der Waals surface area contributed by atoms with E-state index in [1.165, 1.54) is 16.4 Å². The molecule has 17 heavy (non-hydrogen) atoms. The molecule has 1 unspecified atom stereocenters. The normalized spacial score (nSPS) is 11.5. The SMILES string of the molecule is CC(C)(C)c1ccc(-c2ccccc2P)nc1. The van der Waals surface area contributed by atoms with Gasteiger partial charge in [0.05, 0.1) is 5.69 Å². The van der Waals surface area contributed by atoms with Crippen molar-refractivity contribution in [3.05, 3.63) is 48.2 Å². The standard InChI is InChI=1S/C15H18NP/c1-15(2,3)11-8-9-13(16-10-11)12-6-4-5-7-14(12)17/h4-10H,17H2,1-3H3. The van der Waals surface area contributed by atoms with Gasteiger partial charge in [0.15, 0.2) is 0 Å². The fourth-order valence-electron chi connectivity index (χ4n) is 1.73. The molecule has 0 saturated heterocycles. The van der Waals surface area contributed by atoms with Gasteiger partial charge in [-0.3, -0.25) is 4.98 Å². The minimum Gasteiger partial charge on any atom is -0.256 e. The average molecular weight is 243 g/mol. The van der Waals surface area contributed by atoms with Gasteiger partial charge in [0.25, 0.3) is 0 Å². The van der Waals surface area contributed by atoms with E-state index in [2.05, 4.69) is 59.3 Å². The molecule has 88 valence electrons. The largest absolute Gasteiger partial charge is 0.256 e. The summed E-state index contributed by atoms with van der Waals surface area (Å²) in [6.45, 7) is 6.61. The second-order valence-corrected chi connectivity index (χ2v) is 5.89. The second kappa shape index (κ2) is 4.58. The number of aromatic nitrogens is 1. The van der Waals surface area contributed by atoms with Crippen molar-refractivity contribution in [3.63, 3.8) is 0 Å². The highest BCUT2D eigenvalue weighted by Gasteiger charge is 2.14. The zero-order chi connectivity index (χ0) is 12.5. The van der Waals surface area contributed by atoms with E-state index in [4.69, 9.17) is 0 Å². The number of hydrogen-bond donors (Lipinski definition) is 0. The van der Waals surface area contributed by atoms with Crippen molar-refractivity contribution in [2.45, 2.75) is 26.2 Å². The summed E-state index contributed by atoms with van der Waals surface area (Å²) in [6, 6.07) is 12.5. The smallest absolute Gasteiger partial charge is 0.0708 e. The molecule has 0 radical (unpaired) electrons. The maximum Gasteiger partial charge on any atom is 0.0708 e. The Labute approximate surface area is 105 Å². The lowest BCUT2D eigenvalue weighted by Crippen LogP contribution is -2.11. The molecule has 0 amide bonds. The van der Waals surface area contributed by atoms with E-state index in [0.717, 1.165) is 5.69 Å². The summed E-state index contributed by atoms with van der Waals surface area (Å²) in [5.74, 6) is 0. The lowest BCUT2D eigenvalue weighted by Gasteiger charge is -2.18. The molecule has 1 atom stereocenters. The lowest BCUT2D eigenvalue weighted by molar-refractivity contribution is 0.587. The van der Waals surface area contributed by atoms with Crippen LogP contribution in [0.1, 0.15) is 26.3 Å². The van der Waals surface area contributed by atoms with Crippen LogP contribution in [0.5, 0.6) is 0 Å². The molecule has 2 rings (SSSR count). The summed E-state index contributed by atoms with van der Waals surface area (Å²) in [4.78, 5) is 4.56. The molecule has 0 N–H and O–H groups in total. The molecule has 0 aliphatic carbocycles. The van der Waals surface area contributed by atoms with Gasteiger partial charge in [0.2, 0.25) is 0 Å². The van der Waals surface area contributed by atoms with Gasteiger partial charge >= 0.3 is 0 Å². The van der Waals surface area contributed by atoms with Crippen LogP contribution in [0, 0.1) is 0 Å². The van der Waals surface area contributed by atoms with E-state index in [9.17, 15) is 0 Å². The van der Waals surface area contributed by atoms with Crippen LogP contribution < -0.4 is 5.30 Å². The molecule has 1 nitrogen and oxygen atoms in total. The number of hydrogen-bond acceptors (Lipinski definition) is 1. The molecular weight excluding hydrogens is 225 g/mol. The molecule has 0 bridgehead atoms. The van der Waals surface area contributed by atoms with Crippen molar-refractivity contribution in [2.24, 2.45) is 0 Å². The van der Waals surface area contributed by atoms with E-state index in [1.54, 1.807) is 0 Å². The third kappa shape index (κ3) is 2.73. The average Bonchev–Trinajstić information content (AvgIpc) is 2.29. The first-order chi connectivity index (χ1) is 7.98. The monoisotopic (exact) mass is 243 g/mol. The predicted molar refractivity (Wildman–Crippen MR) is 77.7 cm³/mol. The van der Waals surface area contributed by atoms with Gasteiger partial charge in [0.1, 0.15) is 0 Å². The first kappa shape index (κ1) is 12.3. The van der Waals surface area contributed by atoms with Crippen LogP contribution in [0.3, 0.4) is 0 Å². The zero-order valence-corrected chi connectivity index (χ0v) is 11.7. The summed E-state index contributed by atoms with van der Waals surface area (Å²) in [7, 11) is 2.76. The van der Waals surface area contributed by atoms with E-state index in [-0.39, 0.29) is 5.41 Å². The number of rotatable bonds is 1. The van der Waals surface area contributed by atoms with Gasteiger partial charge in [-0.2, -0.15) is 0 Å². The van der Waals surface area contributed by atoms with Crippen LogP contribution in [0.4, 0.5) is 0 Å². The first-order valence-electron chi connectivity index (χ1n) is 5.80. The molecule has 1 heterocycles. The highest BCUT2D eigenvalue weighted by molar-refractivity contribution is 7.27. The fourth-order valence-corrected chi connectivity index (χ4v) is 2.08. The summed E-state index contributed by atoms with van der Waals surface area (Å²) < 4.78 is 0. The second-order valence-electron chi connectivity index (χ2n) is 5.27. The van der Waals surface area contributed by atoms with E-state index in [1.807, 2.05) is 18.3 Å². The molecule has 0 spiro atoms. The Kier molecular flexibility index (Phi) is 3.31. The summed E-state index contributed by atoms with van der Waals surface area (Å²) >= 11 is 0. The fraction of sp³-hybridized carbons (Fsp3) is 0.267. The van der Waals surface area contributed by atoms with Gasteiger partial charge in [-0.05, 0) is 22.3 Å². The third-order valence-corrected chi connectivity index (χ3v) is 3.37. The Morgan fingerprint density at radius 1 is 1.00 bits per heavy atom. The van der Waals surface area contributed by atoms with Gasteiger partial charge in [0, 0.05) is 11.8 Å². The Hall–Kier alpha value is -1.20. The molecule has 1 aromatic carbocycles. The van der Waals surface area contributed by atoms with Gasteiger partial charge in [-0.25, -0.2) is 0 Å². The van der Waals surface area contributed by atoms with E-state index < -0.39 is 0 Å². The van der Waals surface area contributed by atoms with Crippen LogP contribution in [0.25, 0.3) is 11.3 Å². The molecule has 0 fully saturated rings. The van der Waals surface area contributed by atoms with Crippen LogP contribution >= 0.6 is 9.24 Å². The van der Waals surface area contributed by atoms with Crippen LogP contribution in [0.2, 0.25) is 0 Å². The molecule has 2 aromatic rings. The number of nitrogens with zero attached hydrogens (tertiary/aromatic N) is 1.